The SMILES string of the molecule is COc1ccccc1/C=N/NC(=O)CSc1ccc(C)cc1. The van der Waals surface area contributed by atoms with Crippen molar-refractivity contribution in [2.75, 3.05) is 12.9 Å². The zero-order valence-corrected chi connectivity index (χ0v) is 13.4. The lowest BCUT2D eigenvalue weighted by molar-refractivity contribution is -0.118. The number of methoxy groups -OCH3 is 1. The van der Waals surface area contributed by atoms with Crippen molar-refractivity contribution in [3.63, 3.8) is 0 Å². The zero-order valence-electron chi connectivity index (χ0n) is 12.6. The first kappa shape index (κ1) is 16.1. The number of carbonyl (C=O) groups excluding carboxylic acids is 1. The van der Waals surface area contributed by atoms with E-state index in [1.165, 1.54) is 17.3 Å². The Morgan fingerprint density at radius 2 is 1.95 bits per heavy atom. The standard InChI is InChI=1S/C17H18N2O2S/c1-13-7-9-15(10-8-13)22-12-17(20)19-18-11-14-5-3-4-6-16(14)21-2/h3-11H,12H2,1-2H3,(H,19,20)/b18-11+. The highest BCUT2D eigenvalue weighted by atomic mass is 32.2. The Morgan fingerprint density at radius 1 is 1.23 bits per heavy atom. The minimum Gasteiger partial charge on any atom is -0.496 e. The number of hydrogen-bond donors (Lipinski definition) is 1. The summed E-state index contributed by atoms with van der Waals surface area (Å²) in [6.07, 6.45) is 1.58. The number of benzene rings is 2. The number of rotatable bonds is 6. The number of nitrogens with one attached hydrogen (secondary N) is 1. The van der Waals surface area contributed by atoms with E-state index in [0.717, 1.165) is 16.2 Å². The van der Waals surface area contributed by atoms with E-state index >= 15 is 0 Å². The van der Waals surface area contributed by atoms with Gasteiger partial charge in [-0.25, -0.2) is 5.43 Å². The van der Waals surface area contributed by atoms with Crippen LogP contribution in [0.25, 0.3) is 0 Å². The number of carbonyl (C=O) groups is 1. The van der Waals surface area contributed by atoms with E-state index in [9.17, 15) is 4.79 Å². The van der Waals surface area contributed by atoms with E-state index in [2.05, 4.69) is 10.5 Å². The summed E-state index contributed by atoms with van der Waals surface area (Å²) >= 11 is 1.48. The number of ether oxygens (including phenoxy) is 1. The molecule has 0 fully saturated rings. The molecule has 4 nitrogen and oxygen atoms in total. The van der Waals surface area contributed by atoms with E-state index in [0.29, 0.717) is 5.75 Å². The maximum absolute atomic E-state index is 11.8. The van der Waals surface area contributed by atoms with Gasteiger partial charge in [0, 0.05) is 10.5 Å². The lowest BCUT2D eigenvalue weighted by atomic mass is 10.2. The summed E-state index contributed by atoms with van der Waals surface area (Å²) in [5, 5.41) is 3.96. The molecule has 114 valence electrons. The molecule has 0 heterocycles. The molecule has 0 aliphatic rings. The minimum absolute atomic E-state index is 0.142. The van der Waals surface area contributed by atoms with Gasteiger partial charge in [0.2, 0.25) is 5.91 Å². The van der Waals surface area contributed by atoms with Gasteiger partial charge >= 0.3 is 0 Å². The van der Waals surface area contributed by atoms with Gasteiger partial charge in [-0.1, -0.05) is 29.8 Å². The van der Waals surface area contributed by atoms with Crippen LogP contribution in [0, 0.1) is 6.92 Å². The van der Waals surface area contributed by atoms with Gasteiger partial charge in [-0.2, -0.15) is 5.10 Å². The van der Waals surface area contributed by atoms with E-state index in [4.69, 9.17) is 4.74 Å². The van der Waals surface area contributed by atoms with Crippen molar-refractivity contribution < 1.29 is 9.53 Å². The number of thioether (sulfide) groups is 1. The average molecular weight is 314 g/mol. The molecule has 2 aromatic carbocycles. The van der Waals surface area contributed by atoms with Crippen LogP contribution in [0.4, 0.5) is 0 Å². The summed E-state index contributed by atoms with van der Waals surface area (Å²) in [6, 6.07) is 15.6. The van der Waals surface area contributed by atoms with Gasteiger partial charge in [0.15, 0.2) is 0 Å². The third kappa shape index (κ3) is 4.93. The van der Waals surface area contributed by atoms with Crippen LogP contribution in [-0.2, 0) is 4.79 Å². The predicted octanol–water partition coefficient (Wildman–Crippen LogP) is 3.25. The number of hydrazone groups is 1. The molecule has 0 unspecified atom stereocenters. The number of para-hydroxylation sites is 1. The van der Waals surface area contributed by atoms with E-state index < -0.39 is 0 Å². The maximum Gasteiger partial charge on any atom is 0.250 e. The molecule has 0 bridgehead atoms. The van der Waals surface area contributed by atoms with Crippen molar-refractivity contribution in [3.8, 4) is 5.75 Å². The molecule has 0 saturated heterocycles. The van der Waals surface area contributed by atoms with Gasteiger partial charge in [0.05, 0.1) is 19.1 Å². The van der Waals surface area contributed by atoms with Gasteiger partial charge in [-0.15, -0.1) is 11.8 Å². The van der Waals surface area contributed by atoms with Gasteiger partial charge in [0.1, 0.15) is 5.75 Å². The molecule has 0 aromatic heterocycles. The third-order valence-corrected chi connectivity index (χ3v) is 3.93. The summed E-state index contributed by atoms with van der Waals surface area (Å²) in [5.74, 6) is 0.901. The molecule has 2 aromatic rings. The van der Waals surface area contributed by atoms with Crippen LogP contribution in [0.2, 0.25) is 0 Å². The molecule has 0 aliphatic carbocycles. The van der Waals surface area contributed by atoms with Crippen molar-refractivity contribution in [1.29, 1.82) is 0 Å². The first-order valence-electron chi connectivity index (χ1n) is 6.83. The normalized spacial score (nSPS) is 10.6. The van der Waals surface area contributed by atoms with Crippen molar-refractivity contribution in [1.82, 2.24) is 5.43 Å². The van der Waals surface area contributed by atoms with Crippen molar-refractivity contribution >= 4 is 23.9 Å². The minimum atomic E-state index is -0.142. The second-order valence-electron chi connectivity index (χ2n) is 4.64. The summed E-state index contributed by atoms with van der Waals surface area (Å²) in [6.45, 7) is 2.04. The molecule has 0 aliphatic heterocycles. The fourth-order valence-corrected chi connectivity index (χ4v) is 2.45. The zero-order chi connectivity index (χ0) is 15.8. The molecular weight excluding hydrogens is 296 g/mol. The Hall–Kier alpha value is -2.27. The quantitative estimate of drug-likeness (QED) is 0.506. The molecule has 0 radical (unpaired) electrons. The van der Waals surface area contributed by atoms with Crippen LogP contribution in [0.1, 0.15) is 11.1 Å². The lowest BCUT2D eigenvalue weighted by Gasteiger charge is -2.03. The Balaban J connectivity index is 1.82. The molecule has 0 saturated carbocycles. The van der Waals surface area contributed by atoms with Gasteiger partial charge in [-0.3, -0.25) is 4.79 Å². The molecular formula is C17H18N2O2S. The van der Waals surface area contributed by atoms with Crippen LogP contribution < -0.4 is 10.2 Å². The van der Waals surface area contributed by atoms with E-state index in [1.807, 2.05) is 55.5 Å². The van der Waals surface area contributed by atoms with Crippen molar-refractivity contribution in [2.45, 2.75) is 11.8 Å². The van der Waals surface area contributed by atoms with Crippen molar-refractivity contribution in [2.24, 2.45) is 5.10 Å². The smallest absolute Gasteiger partial charge is 0.250 e. The number of hydrogen-bond acceptors (Lipinski definition) is 4. The second kappa shape index (κ2) is 8.24. The highest BCUT2D eigenvalue weighted by Gasteiger charge is 2.02. The molecule has 0 atom stereocenters. The van der Waals surface area contributed by atoms with Crippen LogP contribution in [0.5, 0.6) is 5.75 Å². The molecule has 0 spiro atoms. The fourth-order valence-electron chi connectivity index (χ4n) is 1.76. The van der Waals surface area contributed by atoms with Gasteiger partial charge in [-0.05, 0) is 31.2 Å². The van der Waals surface area contributed by atoms with Gasteiger partial charge in [0.25, 0.3) is 0 Å². The van der Waals surface area contributed by atoms with E-state index in [1.54, 1.807) is 13.3 Å². The first-order chi connectivity index (χ1) is 10.7. The highest BCUT2D eigenvalue weighted by Crippen LogP contribution is 2.18. The Labute approximate surface area is 134 Å². The predicted molar refractivity (Wildman–Crippen MR) is 90.6 cm³/mol. The summed E-state index contributed by atoms with van der Waals surface area (Å²) < 4.78 is 5.21. The molecule has 22 heavy (non-hydrogen) atoms. The average Bonchev–Trinajstić information content (AvgIpc) is 2.55. The maximum atomic E-state index is 11.8. The Bertz CT molecular complexity index is 654. The van der Waals surface area contributed by atoms with Crippen LogP contribution in [0.15, 0.2) is 58.5 Å². The largest absolute Gasteiger partial charge is 0.496 e. The summed E-state index contributed by atoms with van der Waals surface area (Å²) in [7, 11) is 1.60. The van der Waals surface area contributed by atoms with E-state index in [-0.39, 0.29) is 5.91 Å². The second-order valence-corrected chi connectivity index (χ2v) is 5.69. The number of aryl methyl sites for hydroxylation is 1. The first-order valence-corrected chi connectivity index (χ1v) is 7.82. The Morgan fingerprint density at radius 3 is 2.68 bits per heavy atom. The topological polar surface area (TPSA) is 50.7 Å². The molecule has 1 amide bonds. The van der Waals surface area contributed by atoms with Crippen LogP contribution in [-0.4, -0.2) is 25.0 Å². The Kier molecular flexibility index (Phi) is 6.03. The summed E-state index contributed by atoms with van der Waals surface area (Å²) in [5.41, 5.74) is 4.54. The molecule has 5 heteroatoms. The van der Waals surface area contributed by atoms with Crippen LogP contribution >= 0.6 is 11.8 Å². The summed E-state index contributed by atoms with van der Waals surface area (Å²) in [4.78, 5) is 12.8. The van der Waals surface area contributed by atoms with Crippen LogP contribution in [0.3, 0.4) is 0 Å². The monoisotopic (exact) mass is 314 g/mol. The number of amides is 1. The number of nitrogens with zero attached hydrogens (tertiary/aromatic N) is 1. The third-order valence-electron chi connectivity index (χ3n) is 2.92. The highest BCUT2D eigenvalue weighted by molar-refractivity contribution is 8.00. The van der Waals surface area contributed by atoms with Crippen molar-refractivity contribution in [3.05, 3.63) is 59.7 Å². The van der Waals surface area contributed by atoms with Gasteiger partial charge < -0.3 is 4.74 Å². The molecule has 2 rings (SSSR count). The molecule has 1 N–H and O–H groups in total. The lowest BCUT2D eigenvalue weighted by Crippen LogP contribution is -2.19. The fraction of sp³-hybridized carbons (Fsp3) is 0.176.